The predicted molar refractivity (Wildman–Crippen MR) is 90.5 cm³/mol. The smallest absolute Gasteiger partial charge is 0.120 e. The molecule has 0 spiro atoms. The van der Waals surface area contributed by atoms with Crippen LogP contribution in [-0.4, -0.2) is 6.61 Å². The van der Waals surface area contributed by atoms with Gasteiger partial charge in [-0.1, -0.05) is 41.4 Å². The van der Waals surface area contributed by atoms with Crippen molar-refractivity contribution in [2.45, 2.75) is 32.6 Å². The molecule has 0 aliphatic rings. The van der Waals surface area contributed by atoms with Crippen molar-refractivity contribution in [1.29, 1.82) is 5.26 Å². The Hall–Kier alpha value is -1.98. The lowest BCUT2D eigenvalue weighted by Crippen LogP contribution is -2.03. The first-order valence-electron chi connectivity index (χ1n) is 7.45. The molecule has 0 aromatic heterocycles. The fourth-order valence-electron chi connectivity index (χ4n) is 2.46. The molecule has 2 nitrogen and oxygen atoms in total. The summed E-state index contributed by atoms with van der Waals surface area (Å²) in [5.41, 5.74) is 3.49. The number of ether oxygens (including phenoxy) is 1. The summed E-state index contributed by atoms with van der Waals surface area (Å²) in [6.45, 7) is 4.70. The molecule has 0 aliphatic carbocycles. The summed E-state index contributed by atoms with van der Waals surface area (Å²) in [5, 5.41) is 10.1. The topological polar surface area (TPSA) is 33.0 Å². The third-order valence-electron chi connectivity index (χ3n) is 3.67. The molecule has 114 valence electrons. The van der Waals surface area contributed by atoms with Crippen molar-refractivity contribution < 1.29 is 4.74 Å². The third kappa shape index (κ3) is 4.51. The molecule has 2 aromatic carbocycles. The molecule has 22 heavy (non-hydrogen) atoms. The van der Waals surface area contributed by atoms with E-state index in [1.807, 2.05) is 18.2 Å². The van der Waals surface area contributed by atoms with Crippen LogP contribution in [0, 0.1) is 25.2 Å². The Labute approximate surface area is 137 Å². The summed E-state index contributed by atoms with van der Waals surface area (Å²) in [7, 11) is 0. The first-order chi connectivity index (χ1) is 10.6. The minimum Gasteiger partial charge on any atom is -0.494 e. The van der Waals surface area contributed by atoms with Gasteiger partial charge in [-0.25, -0.2) is 0 Å². The van der Waals surface area contributed by atoms with E-state index >= 15 is 0 Å². The van der Waals surface area contributed by atoms with Gasteiger partial charge in [0.05, 0.1) is 18.6 Å². The zero-order valence-electron chi connectivity index (χ0n) is 13.0. The first-order valence-corrected chi connectivity index (χ1v) is 7.83. The second-order valence-electron chi connectivity index (χ2n) is 5.49. The van der Waals surface area contributed by atoms with Crippen LogP contribution in [0.15, 0.2) is 42.5 Å². The van der Waals surface area contributed by atoms with Crippen molar-refractivity contribution in [2.75, 3.05) is 6.61 Å². The van der Waals surface area contributed by atoms with Crippen molar-refractivity contribution in [2.24, 2.45) is 0 Å². The number of hydrogen-bond acceptors (Lipinski definition) is 2. The number of benzene rings is 2. The molecule has 2 aromatic rings. The average molecular weight is 314 g/mol. The fraction of sp³-hybridized carbons (Fsp3) is 0.316. The van der Waals surface area contributed by atoms with Crippen LogP contribution in [0.1, 0.15) is 35.4 Å². The number of aryl methyl sites for hydroxylation is 2. The molecule has 0 radical (unpaired) electrons. The molecule has 1 unspecified atom stereocenters. The van der Waals surface area contributed by atoms with E-state index < -0.39 is 0 Å². The van der Waals surface area contributed by atoms with E-state index in [2.05, 4.69) is 38.1 Å². The van der Waals surface area contributed by atoms with Crippen LogP contribution < -0.4 is 4.74 Å². The van der Waals surface area contributed by atoms with Gasteiger partial charge in [-0.2, -0.15) is 5.26 Å². The summed E-state index contributed by atoms with van der Waals surface area (Å²) < 4.78 is 5.68. The number of nitriles is 1. The maximum absolute atomic E-state index is 9.44. The SMILES string of the molecule is Cc1ccc(C)c(C(C#N)CCCOc2cccc(Cl)c2)c1. The van der Waals surface area contributed by atoms with Gasteiger partial charge in [0.1, 0.15) is 5.75 Å². The Kier molecular flexibility index (Phi) is 5.86. The minimum absolute atomic E-state index is 0.0807. The van der Waals surface area contributed by atoms with E-state index in [0.29, 0.717) is 11.6 Å². The van der Waals surface area contributed by atoms with Crippen LogP contribution in [0.2, 0.25) is 5.02 Å². The van der Waals surface area contributed by atoms with Gasteiger partial charge in [0.25, 0.3) is 0 Å². The molecule has 2 rings (SSSR count). The van der Waals surface area contributed by atoms with Crippen LogP contribution in [0.25, 0.3) is 0 Å². The second-order valence-corrected chi connectivity index (χ2v) is 5.93. The third-order valence-corrected chi connectivity index (χ3v) is 3.90. The van der Waals surface area contributed by atoms with Crippen LogP contribution in [0.3, 0.4) is 0 Å². The van der Waals surface area contributed by atoms with E-state index in [4.69, 9.17) is 16.3 Å². The number of rotatable bonds is 6. The molecule has 0 bridgehead atoms. The minimum atomic E-state index is -0.0807. The van der Waals surface area contributed by atoms with E-state index in [0.717, 1.165) is 24.2 Å². The average Bonchev–Trinajstić information content (AvgIpc) is 2.50. The molecule has 1 atom stereocenters. The van der Waals surface area contributed by atoms with Gasteiger partial charge < -0.3 is 4.74 Å². The highest BCUT2D eigenvalue weighted by Crippen LogP contribution is 2.25. The molecule has 3 heteroatoms. The lowest BCUT2D eigenvalue weighted by atomic mass is 9.91. The fourth-order valence-corrected chi connectivity index (χ4v) is 2.64. The van der Waals surface area contributed by atoms with Gasteiger partial charge in [-0.15, -0.1) is 0 Å². The molecule has 0 aliphatic heterocycles. The molecule has 0 heterocycles. The van der Waals surface area contributed by atoms with Crippen LogP contribution in [-0.2, 0) is 0 Å². The largest absolute Gasteiger partial charge is 0.494 e. The van der Waals surface area contributed by atoms with Gasteiger partial charge in [-0.3, -0.25) is 0 Å². The van der Waals surface area contributed by atoms with Crippen LogP contribution >= 0.6 is 11.6 Å². The molecule has 0 amide bonds. The normalized spacial score (nSPS) is 11.7. The standard InChI is InChI=1S/C19H20ClNO/c1-14-8-9-15(2)19(11-14)16(13-21)5-4-10-22-18-7-3-6-17(20)12-18/h3,6-9,11-12,16H,4-5,10H2,1-2H3. The quantitative estimate of drug-likeness (QED) is 0.667. The summed E-state index contributed by atoms with van der Waals surface area (Å²) in [6.07, 6.45) is 1.62. The second kappa shape index (κ2) is 7.87. The number of hydrogen-bond donors (Lipinski definition) is 0. The maximum Gasteiger partial charge on any atom is 0.120 e. The van der Waals surface area contributed by atoms with E-state index in [9.17, 15) is 5.26 Å². The molecule has 0 saturated heterocycles. The van der Waals surface area contributed by atoms with Crippen molar-refractivity contribution in [1.82, 2.24) is 0 Å². The maximum atomic E-state index is 9.44. The van der Waals surface area contributed by atoms with Crippen molar-refractivity contribution in [3.63, 3.8) is 0 Å². The highest BCUT2D eigenvalue weighted by Gasteiger charge is 2.13. The van der Waals surface area contributed by atoms with Gasteiger partial charge in [0, 0.05) is 5.02 Å². The zero-order chi connectivity index (χ0) is 15.9. The lowest BCUT2D eigenvalue weighted by Gasteiger charge is -2.13. The zero-order valence-corrected chi connectivity index (χ0v) is 13.7. The summed E-state index contributed by atoms with van der Waals surface area (Å²) in [5.74, 6) is 0.690. The van der Waals surface area contributed by atoms with E-state index in [1.165, 1.54) is 11.1 Å². The first kappa shape index (κ1) is 16.4. The highest BCUT2D eigenvalue weighted by atomic mass is 35.5. The van der Waals surface area contributed by atoms with Gasteiger partial charge in [-0.05, 0) is 56.0 Å². The Morgan fingerprint density at radius 3 is 2.73 bits per heavy atom. The Morgan fingerprint density at radius 1 is 1.18 bits per heavy atom. The molecule has 0 saturated carbocycles. The number of nitrogens with zero attached hydrogens (tertiary/aromatic N) is 1. The molecular formula is C19H20ClNO. The lowest BCUT2D eigenvalue weighted by molar-refractivity contribution is 0.305. The Morgan fingerprint density at radius 2 is 2.00 bits per heavy atom. The van der Waals surface area contributed by atoms with Crippen LogP contribution in [0.5, 0.6) is 5.75 Å². The Balaban J connectivity index is 1.89. The summed E-state index contributed by atoms with van der Waals surface area (Å²) >= 11 is 5.92. The molecular weight excluding hydrogens is 294 g/mol. The van der Waals surface area contributed by atoms with Crippen molar-refractivity contribution in [3.05, 3.63) is 64.2 Å². The van der Waals surface area contributed by atoms with Gasteiger partial charge in [0.2, 0.25) is 0 Å². The van der Waals surface area contributed by atoms with E-state index in [1.54, 1.807) is 6.07 Å². The van der Waals surface area contributed by atoms with E-state index in [-0.39, 0.29) is 5.92 Å². The summed E-state index contributed by atoms with van der Waals surface area (Å²) in [4.78, 5) is 0. The monoisotopic (exact) mass is 313 g/mol. The van der Waals surface area contributed by atoms with Gasteiger partial charge >= 0.3 is 0 Å². The molecule has 0 fully saturated rings. The van der Waals surface area contributed by atoms with Crippen LogP contribution in [0.4, 0.5) is 0 Å². The van der Waals surface area contributed by atoms with Crippen molar-refractivity contribution >= 4 is 11.6 Å². The predicted octanol–water partition coefficient (Wildman–Crippen LogP) is 5.42. The van der Waals surface area contributed by atoms with Crippen molar-refractivity contribution in [3.8, 4) is 11.8 Å². The Bertz CT molecular complexity index is 675. The summed E-state index contributed by atoms with van der Waals surface area (Å²) in [6, 6.07) is 16.1. The van der Waals surface area contributed by atoms with Gasteiger partial charge in [0.15, 0.2) is 0 Å². The highest BCUT2D eigenvalue weighted by molar-refractivity contribution is 6.30. The molecule has 0 N–H and O–H groups in total. The number of halogens is 1.